The number of ether oxygens (including phenoxy) is 1. The van der Waals surface area contributed by atoms with Gasteiger partial charge >= 0.3 is 5.23 Å². The summed E-state index contributed by atoms with van der Waals surface area (Å²) in [6.45, 7) is 8.60. The molecule has 1 heterocycles. The Balaban J connectivity index is 1.65. The molecule has 148 valence electrons. The second kappa shape index (κ2) is 8.90. The smallest absolute Gasteiger partial charge is 0.402 e. The molecule has 2 N–H and O–H groups in total. The van der Waals surface area contributed by atoms with Gasteiger partial charge in [-0.15, -0.1) is 4.99 Å². The summed E-state index contributed by atoms with van der Waals surface area (Å²) in [4.78, 5) is 6.47. The van der Waals surface area contributed by atoms with Crippen LogP contribution in [0.3, 0.4) is 0 Å². The maximum atomic E-state index is 9.39. The molecule has 2 aromatic carbocycles. The molecule has 2 aromatic rings. The van der Waals surface area contributed by atoms with E-state index in [1.807, 2.05) is 44.2 Å². The molecule has 5 nitrogen and oxygen atoms in total. The van der Waals surface area contributed by atoms with Crippen LogP contribution in [-0.4, -0.2) is 46.8 Å². The zero-order valence-corrected chi connectivity index (χ0v) is 17.6. The molecular formula is C22H28N3O2S+. The van der Waals surface area contributed by atoms with Crippen molar-refractivity contribution in [1.29, 1.82) is 5.41 Å². The number of benzene rings is 2. The van der Waals surface area contributed by atoms with Crippen LogP contribution in [0.1, 0.15) is 27.8 Å². The van der Waals surface area contributed by atoms with Crippen molar-refractivity contribution in [3.05, 3.63) is 64.2 Å². The largest absolute Gasteiger partial charge is 0.414 e. The molecule has 1 aliphatic heterocycles. The first-order valence-corrected chi connectivity index (χ1v) is 9.96. The maximum Gasteiger partial charge on any atom is 0.414 e. The number of aryl methyl sites for hydroxylation is 3. The summed E-state index contributed by atoms with van der Waals surface area (Å²) in [6.07, 6.45) is 0.792. The van der Waals surface area contributed by atoms with Crippen LogP contribution in [0.2, 0.25) is 0 Å². The van der Waals surface area contributed by atoms with Gasteiger partial charge in [0.15, 0.2) is 5.84 Å². The summed E-state index contributed by atoms with van der Waals surface area (Å²) < 4.78 is 5.85. The number of hydrogen-bond donors (Lipinski definition) is 2. The molecule has 0 aliphatic carbocycles. The topological polar surface area (TPSA) is 68.9 Å². The molecule has 0 radical (unpaired) electrons. The fraction of sp³-hybridized carbons (Fsp3) is 0.364. The third-order valence-electron chi connectivity index (χ3n) is 5.01. The molecule has 0 atom stereocenters. The van der Waals surface area contributed by atoms with Gasteiger partial charge in [-0.2, -0.15) is 0 Å². The van der Waals surface area contributed by atoms with Crippen molar-refractivity contribution in [2.75, 3.05) is 19.6 Å². The standard InChI is InChI=1S/C22H27N3O2S/c1-14-4-6-17(7-5-14)21(23)24-22(28)27-20-11-15(2)18(10-16(20)3)8-9-25-12-19(26)13-25/h4-7,10-11,19,26H,8-9,12-13H2,1-3H3,(H2,23,24,28)/p+1. The maximum absolute atomic E-state index is 9.39. The van der Waals surface area contributed by atoms with Crippen molar-refractivity contribution >= 4 is 23.7 Å². The van der Waals surface area contributed by atoms with E-state index in [1.54, 1.807) is 0 Å². The minimum atomic E-state index is -0.159. The number of nitrogens with one attached hydrogen (secondary N) is 1. The quantitative estimate of drug-likeness (QED) is 0.462. The zero-order chi connectivity index (χ0) is 20.3. The predicted octanol–water partition coefficient (Wildman–Crippen LogP) is 2.60. The SMILES string of the molecule is Cc1ccc(C(=N)N=C([SH2+])Oc2cc(C)c(CCN3CC(O)C3)cc2C)cc1. The fourth-order valence-electron chi connectivity index (χ4n) is 3.24. The van der Waals surface area contributed by atoms with E-state index in [-0.39, 0.29) is 17.2 Å². The summed E-state index contributed by atoms with van der Waals surface area (Å²) in [5, 5.41) is 17.8. The van der Waals surface area contributed by atoms with Gasteiger partial charge in [0.2, 0.25) is 0 Å². The molecule has 0 bridgehead atoms. The van der Waals surface area contributed by atoms with Crippen molar-refractivity contribution < 1.29 is 9.84 Å². The molecule has 0 amide bonds. The minimum absolute atomic E-state index is 0.146. The number of likely N-dealkylation sites (tertiary alicyclic amines) is 1. The molecule has 1 aliphatic rings. The van der Waals surface area contributed by atoms with Gasteiger partial charge in [-0.05, 0) is 49.9 Å². The van der Waals surface area contributed by atoms with Crippen molar-refractivity contribution in [1.82, 2.24) is 4.90 Å². The number of hydrogen-bond acceptors (Lipinski definition) is 4. The van der Waals surface area contributed by atoms with Crippen LogP contribution in [0, 0.1) is 26.2 Å². The number of nitrogens with zero attached hydrogens (tertiary/aromatic N) is 2. The Morgan fingerprint density at radius 3 is 2.50 bits per heavy atom. The van der Waals surface area contributed by atoms with Crippen molar-refractivity contribution in [2.45, 2.75) is 33.3 Å². The molecule has 0 saturated carbocycles. The van der Waals surface area contributed by atoms with E-state index >= 15 is 0 Å². The van der Waals surface area contributed by atoms with E-state index in [9.17, 15) is 5.11 Å². The van der Waals surface area contributed by atoms with Crippen LogP contribution >= 0.6 is 0 Å². The van der Waals surface area contributed by atoms with Crippen molar-refractivity contribution in [3.8, 4) is 5.75 Å². The molecule has 0 unspecified atom stereocenters. The molecule has 0 aromatic heterocycles. The van der Waals surface area contributed by atoms with Gasteiger partial charge < -0.3 is 9.84 Å². The number of aliphatic hydroxyl groups excluding tert-OH is 1. The van der Waals surface area contributed by atoms with Gasteiger partial charge in [0, 0.05) is 25.2 Å². The van der Waals surface area contributed by atoms with Gasteiger partial charge in [0.1, 0.15) is 5.75 Å². The van der Waals surface area contributed by atoms with Crippen molar-refractivity contribution in [3.63, 3.8) is 0 Å². The van der Waals surface area contributed by atoms with E-state index in [4.69, 9.17) is 10.1 Å². The van der Waals surface area contributed by atoms with E-state index in [0.29, 0.717) is 0 Å². The minimum Gasteiger partial charge on any atom is -0.402 e. The highest BCUT2D eigenvalue weighted by Crippen LogP contribution is 2.24. The normalized spacial score (nSPS) is 15.4. The van der Waals surface area contributed by atoms with Gasteiger partial charge in [-0.3, -0.25) is 10.3 Å². The first-order valence-electron chi connectivity index (χ1n) is 9.46. The summed E-state index contributed by atoms with van der Waals surface area (Å²) in [5.41, 5.74) is 5.36. The number of β-amino-alcohol motifs (C(OH)–C–C–N with tert-alkyl or cyclic N) is 1. The Morgan fingerprint density at radius 1 is 1.18 bits per heavy atom. The third-order valence-corrected chi connectivity index (χ3v) is 5.23. The fourth-order valence-corrected chi connectivity index (χ4v) is 3.46. The number of aliphatic hydroxyl groups is 1. The predicted molar refractivity (Wildman–Crippen MR) is 118 cm³/mol. The summed E-state index contributed by atoms with van der Waals surface area (Å²) in [7, 11) is 0. The van der Waals surface area contributed by atoms with Gasteiger partial charge in [0.05, 0.1) is 18.7 Å². The molecular weight excluding hydrogens is 370 g/mol. The number of amidine groups is 1. The highest BCUT2D eigenvalue weighted by atomic mass is 32.1. The molecule has 1 fully saturated rings. The Hall–Kier alpha value is -2.15. The Bertz CT molecular complexity index is 887. The van der Waals surface area contributed by atoms with Crippen LogP contribution in [-0.2, 0) is 19.0 Å². The van der Waals surface area contributed by atoms with Crippen LogP contribution in [0.15, 0.2) is 41.4 Å². The van der Waals surface area contributed by atoms with Crippen LogP contribution in [0.25, 0.3) is 0 Å². The summed E-state index contributed by atoms with van der Waals surface area (Å²) in [5.74, 6) is 0.874. The molecule has 6 heteroatoms. The van der Waals surface area contributed by atoms with Crippen LogP contribution in [0.5, 0.6) is 5.75 Å². The second-order valence-corrected chi connectivity index (χ2v) is 7.87. The summed E-state index contributed by atoms with van der Waals surface area (Å²) >= 11 is 3.39. The highest BCUT2D eigenvalue weighted by molar-refractivity contribution is 7.77. The molecule has 0 spiro atoms. The molecule has 1 saturated heterocycles. The average Bonchev–Trinajstić information content (AvgIpc) is 2.61. The lowest BCUT2D eigenvalue weighted by Crippen LogP contribution is -2.51. The lowest BCUT2D eigenvalue weighted by molar-refractivity contribution is 0.00309. The van der Waals surface area contributed by atoms with Gasteiger partial charge in [0.25, 0.3) is 0 Å². The van der Waals surface area contributed by atoms with Gasteiger partial charge in [-0.25, -0.2) is 0 Å². The molecule has 3 rings (SSSR count). The third kappa shape index (κ3) is 5.22. The first kappa shape index (κ1) is 20.6. The monoisotopic (exact) mass is 398 g/mol. The molecule has 28 heavy (non-hydrogen) atoms. The zero-order valence-electron chi connectivity index (χ0n) is 16.6. The van der Waals surface area contributed by atoms with E-state index in [0.717, 1.165) is 54.1 Å². The summed E-state index contributed by atoms with van der Waals surface area (Å²) in [6, 6.07) is 11.8. The second-order valence-electron chi connectivity index (χ2n) is 7.44. The van der Waals surface area contributed by atoms with E-state index < -0.39 is 0 Å². The number of rotatable bonds is 5. The van der Waals surface area contributed by atoms with Crippen molar-refractivity contribution in [2.24, 2.45) is 4.99 Å². The first-order chi connectivity index (χ1) is 13.3. The van der Waals surface area contributed by atoms with Crippen LogP contribution < -0.4 is 4.74 Å². The lowest BCUT2D eigenvalue weighted by atomic mass is 10.0. The van der Waals surface area contributed by atoms with Crippen LogP contribution in [0.4, 0.5) is 0 Å². The number of aliphatic imine (C=N–C) groups is 1. The van der Waals surface area contributed by atoms with E-state index in [2.05, 4.69) is 35.5 Å². The Labute approximate surface area is 172 Å². The highest BCUT2D eigenvalue weighted by Gasteiger charge is 2.23. The lowest BCUT2D eigenvalue weighted by Gasteiger charge is -2.35. The Morgan fingerprint density at radius 2 is 1.86 bits per heavy atom. The average molecular weight is 399 g/mol. The Kier molecular flexibility index (Phi) is 6.54. The van der Waals surface area contributed by atoms with Gasteiger partial charge in [-0.1, -0.05) is 35.9 Å². The van der Waals surface area contributed by atoms with E-state index in [1.165, 1.54) is 5.56 Å².